The van der Waals surface area contributed by atoms with E-state index in [1.807, 2.05) is 48.5 Å². The molecule has 1 fully saturated rings. The zero-order valence-corrected chi connectivity index (χ0v) is 17.5. The number of hydrogen-bond acceptors (Lipinski definition) is 4. The van der Waals surface area contributed by atoms with Crippen molar-refractivity contribution in [1.82, 2.24) is 14.5 Å². The normalized spacial score (nSPS) is 15.9. The predicted molar refractivity (Wildman–Crippen MR) is 115 cm³/mol. The third-order valence-electron chi connectivity index (χ3n) is 5.17. The third kappa shape index (κ3) is 6.96. The van der Waals surface area contributed by atoms with E-state index < -0.39 is 10.0 Å². The molecule has 156 valence electrons. The lowest BCUT2D eigenvalue weighted by Crippen LogP contribution is -2.50. The summed E-state index contributed by atoms with van der Waals surface area (Å²) in [5.41, 5.74) is 2.22. The first-order valence-electron chi connectivity index (χ1n) is 10.1. The minimum Gasteiger partial charge on any atom is -0.355 e. The number of nitrogens with one attached hydrogen (secondary N) is 1. The number of carbonyl (C=O) groups excluding carboxylic acids is 1. The minimum atomic E-state index is -3.35. The lowest BCUT2D eigenvalue weighted by molar-refractivity contribution is -0.120. The summed E-state index contributed by atoms with van der Waals surface area (Å²) in [6.45, 7) is 3.58. The van der Waals surface area contributed by atoms with Crippen LogP contribution in [0.3, 0.4) is 0 Å². The largest absolute Gasteiger partial charge is 0.355 e. The second-order valence-electron chi connectivity index (χ2n) is 7.30. The molecule has 1 aliphatic rings. The van der Waals surface area contributed by atoms with E-state index in [1.54, 1.807) is 4.31 Å². The van der Waals surface area contributed by atoms with E-state index in [2.05, 4.69) is 22.3 Å². The molecule has 2 aromatic rings. The predicted octanol–water partition coefficient (Wildman–Crippen LogP) is 1.54. The number of nitrogens with zero attached hydrogens (tertiary/aromatic N) is 2. The van der Waals surface area contributed by atoms with Crippen molar-refractivity contribution in [3.63, 3.8) is 0 Å². The molecule has 0 radical (unpaired) electrons. The van der Waals surface area contributed by atoms with Gasteiger partial charge in [0.1, 0.15) is 0 Å². The number of piperazine rings is 1. The van der Waals surface area contributed by atoms with Crippen molar-refractivity contribution in [3.05, 3.63) is 71.8 Å². The van der Waals surface area contributed by atoms with Gasteiger partial charge in [-0.25, -0.2) is 8.42 Å². The van der Waals surface area contributed by atoms with Crippen LogP contribution in [0.4, 0.5) is 0 Å². The van der Waals surface area contributed by atoms with Gasteiger partial charge in [-0.2, -0.15) is 4.31 Å². The summed E-state index contributed by atoms with van der Waals surface area (Å²) >= 11 is 0. The fraction of sp³-hybridized carbons (Fsp3) is 0.409. The number of hydrogen-bond donors (Lipinski definition) is 1. The first kappa shape index (κ1) is 21.5. The molecule has 0 bridgehead atoms. The highest BCUT2D eigenvalue weighted by Crippen LogP contribution is 2.09. The average molecular weight is 416 g/mol. The summed E-state index contributed by atoms with van der Waals surface area (Å²) in [7, 11) is -3.35. The molecule has 3 rings (SSSR count). The van der Waals surface area contributed by atoms with Crippen LogP contribution in [-0.2, 0) is 27.7 Å². The number of benzene rings is 2. The summed E-state index contributed by atoms with van der Waals surface area (Å²) in [6, 6.07) is 19.8. The summed E-state index contributed by atoms with van der Waals surface area (Å²) in [4.78, 5) is 14.3. The van der Waals surface area contributed by atoms with Crippen LogP contribution >= 0.6 is 0 Å². The molecular formula is C22H29N3O3S. The topological polar surface area (TPSA) is 69.7 Å². The van der Waals surface area contributed by atoms with Crippen molar-refractivity contribution < 1.29 is 13.2 Å². The van der Waals surface area contributed by atoms with Crippen LogP contribution in [0.15, 0.2) is 60.7 Å². The maximum absolute atomic E-state index is 12.6. The van der Waals surface area contributed by atoms with Gasteiger partial charge in [-0.3, -0.25) is 4.79 Å². The van der Waals surface area contributed by atoms with Gasteiger partial charge in [-0.1, -0.05) is 60.7 Å². The van der Waals surface area contributed by atoms with Crippen molar-refractivity contribution >= 4 is 15.9 Å². The molecule has 0 aromatic heterocycles. The van der Waals surface area contributed by atoms with Gasteiger partial charge < -0.3 is 10.2 Å². The van der Waals surface area contributed by atoms with E-state index in [4.69, 9.17) is 0 Å². The van der Waals surface area contributed by atoms with Gasteiger partial charge in [-0.15, -0.1) is 0 Å². The molecule has 7 heteroatoms. The monoisotopic (exact) mass is 415 g/mol. The van der Waals surface area contributed by atoms with E-state index in [0.717, 1.165) is 31.6 Å². The first-order valence-corrected chi connectivity index (χ1v) is 11.7. The highest BCUT2D eigenvalue weighted by atomic mass is 32.2. The lowest BCUT2D eigenvalue weighted by Gasteiger charge is -2.34. The van der Waals surface area contributed by atoms with Crippen molar-refractivity contribution in [2.45, 2.75) is 12.8 Å². The van der Waals surface area contributed by atoms with Crippen LogP contribution < -0.4 is 5.32 Å². The van der Waals surface area contributed by atoms with E-state index in [-0.39, 0.29) is 24.6 Å². The van der Waals surface area contributed by atoms with Crippen molar-refractivity contribution in [1.29, 1.82) is 0 Å². The molecule has 0 aliphatic carbocycles. The number of amides is 1. The van der Waals surface area contributed by atoms with Crippen molar-refractivity contribution in [2.24, 2.45) is 0 Å². The summed E-state index contributed by atoms with van der Waals surface area (Å²) in [6.07, 6.45) is 1.24. The smallest absolute Gasteiger partial charge is 0.224 e. The highest BCUT2D eigenvalue weighted by Gasteiger charge is 2.26. The van der Waals surface area contributed by atoms with Gasteiger partial charge in [0.25, 0.3) is 0 Å². The van der Waals surface area contributed by atoms with Gasteiger partial charge >= 0.3 is 0 Å². The van der Waals surface area contributed by atoms with Gasteiger partial charge in [0.15, 0.2) is 0 Å². The van der Waals surface area contributed by atoms with Crippen LogP contribution in [0.2, 0.25) is 0 Å². The average Bonchev–Trinajstić information content (AvgIpc) is 2.74. The Morgan fingerprint density at radius 1 is 0.862 bits per heavy atom. The first-order chi connectivity index (χ1) is 14.0. The number of carbonyl (C=O) groups is 1. The van der Waals surface area contributed by atoms with Crippen LogP contribution in [0.5, 0.6) is 0 Å². The zero-order valence-electron chi connectivity index (χ0n) is 16.7. The van der Waals surface area contributed by atoms with Crippen LogP contribution in [0, 0.1) is 0 Å². The Morgan fingerprint density at radius 2 is 1.45 bits per heavy atom. The molecule has 1 aliphatic heterocycles. The van der Waals surface area contributed by atoms with E-state index in [9.17, 15) is 13.2 Å². The molecule has 6 nitrogen and oxygen atoms in total. The SMILES string of the molecule is O=C(Cc1ccccc1)NCCS(=O)(=O)N1CCN(CCc2ccccc2)CC1. The Bertz CT molecular complexity index is 865. The minimum absolute atomic E-state index is 0.0580. The molecule has 29 heavy (non-hydrogen) atoms. The fourth-order valence-electron chi connectivity index (χ4n) is 3.46. The van der Waals surface area contributed by atoms with E-state index >= 15 is 0 Å². The molecule has 0 atom stereocenters. The van der Waals surface area contributed by atoms with Crippen LogP contribution in [0.1, 0.15) is 11.1 Å². The van der Waals surface area contributed by atoms with Gasteiger partial charge in [0.2, 0.25) is 15.9 Å². The summed E-state index contributed by atoms with van der Waals surface area (Å²) in [5.74, 6) is -0.213. The Balaban J connectivity index is 1.36. The van der Waals surface area contributed by atoms with Crippen LogP contribution in [0.25, 0.3) is 0 Å². The van der Waals surface area contributed by atoms with E-state index in [0.29, 0.717) is 13.1 Å². The standard InChI is InChI=1S/C22H29N3O3S/c26-22(19-21-9-5-2-6-10-21)23-12-18-29(27,28)25-16-14-24(15-17-25)13-11-20-7-3-1-4-8-20/h1-10H,11-19H2,(H,23,26). The molecule has 2 aromatic carbocycles. The van der Waals surface area contributed by atoms with Crippen LogP contribution in [-0.4, -0.2) is 68.6 Å². The molecule has 1 N–H and O–H groups in total. The van der Waals surface area contributed by atoms with E-state index in [1.165, 1.54) is 5.56 Å². The molecule has 1 heterocycles. The van der Waals surface area contributed by atoms with Gasteiger partial charge in [-0.05, 0) is 17.5 Å². The number of sulfonamides is 1. The second kappa shape index (κ2) is 10.5. The Labute approximate surface area is 173 Å². The molecule has 0 spiro atoms. The molecule has 0 unspecified atom stereocenters. The quantitative estimate of drug-likeness (QED) is 0.675. The maximum atomic E-state index is 12.6. The highest BCUT2D eigenvalue weighted by molar-refractivity contribution is 7.89. The summed E-state index contributed by atoms with van der Waals surface area (Å²) < 4.78 is 26.7. The van der Waals surface area contributed by atoms with Crippen molar-refractivity contribution in [2.75, 3.05) is 45.0 Å². The Kier molecular flexibility index (Phi) is 7.80. The summed E-state index contributed by atoms with van der Waals surface area (Å²) in [5, 5.41) is 2.72. The Morgan fingerprint density at radius 3 is 2.07 bits per heavy atom. The Hall–Kier alpha value is -2.22. The van der Waals surface area contributed by atoms with Gasteiger partial charge in [0, 0.05) is 39.3 Å². The van der Waals surface area contributed by atoms with Crippen molar-refractivity contribution in [3.8, 4) is 0 Å². The molecule has 0 saturated carbocycles. The second-order valence-corrected chi connectivity index (χ2v) is 9.39. The lowest BCUT2D eigenvalue weighted by atomic mass is 10.1. The molecule has 1 amide bonds. The number of rotatable bonds is 9. The molecular weight excluding hydrogens is 386 g/mol. The zero-order chi connectivity index (χ0) is 20.5. The molecule has 1 saturated heterocycles. The third-order valence-corrected chi connectivity index (χ3v) is 7.05. The maximum Gasteiger partial charge on any atom is 0.224 e. The van der Waals surface area contributed by atoms with Gasteiger partial charge in [0.05, 0.1) is 12.2 Å². The fourth-order valence-corrected chi connectivity index (χ4v) is 4.79.